The molecule has 0 aromatic carbocycles. The van der Waals surface area contributed by atoms with Gasteiger partial charge in [0.25, 0.3) is 12.9 Å². The predicted octanol–water partition coefficient (Wildman–Crippen LogP) is -1.62. The van der Waals surface area contributed by atoms with Crippen LogP contribution in [0.15, 0.2) is 0 Å². The van der Waals surface area contributed by atoms with Gasteiger partial charge in [-0.3, -0.25) is 0 Å². The summed E-state index contributed by atoms with van der Waals surface area (Å²) in [7, 11) is -7.12. The van der Waals surface area contributed by atoms with E-state index in [2.05, 4.69) is 0 Å². The molecule has 1 aliphatic rings. The highest BCUT2D eigenvalue weighted by atomic mass is 32.3. The van der Waals surface area contributed by atoms with Crippen LogP contribution >= 0.6 is 0 Å². The molecular weight excluding hydrogens is 212 g/mol. The van der Waals surface area contributed by atoms with Gasteiger partial charge in [0.1, 0.15) is 0 Å². The van der Waals surface area contributed by atoms with E-state index in [1.807, 2.05) is 0 Å². The van der Waals surface area contributed by atoms with E-state index >= 15 is 0 Å². The Kier molecular flexibility index (Phi) is 2.80. The second-order valence-corrected chi connectivity index (χ2v) is 7.28. The first-order valence-electron chi connectivity index (χ1n) is 4.06. The van der Waals surface area contributed by atoms with E-state index in [9.17, 15) is 16.8 Å². The maximum Gasteiger partial charge on any atom is 0.280 e. The van der Waals surface area contributed by atoms with E-state index < -0.39 is 25.8 Å². The summed E-state index contributed by atoms with van der Waals surface area (Å²) in [4.78, 5) is 0. The lowest BCUT2D eigenvalue weighted by Crippen LogP contribution is -2.37. The van der Waals surface area contributed by atoms with Crippen LogP contribution in [0.4, 0.5) is 0 Å². The molecule has 0 aromatic heterocycles. The zero-order valence-electron chi connectivity index (χ0n) is 7.60. The van der Waals surface area contributed by atoms with Gasteiger partial charge in [0, 0.05) is 6.04 Å². The van der Waals surface area contributed by atoms with Crippen molar-refractivity contribution in [2.45, 2.75) is 26.3 Å². The molecule has 1 unspecified atom stereocenters. The van der Waals surface area contributed by atoms with Gasteiger partial charge in [0.05, 0.1) is 0 Å². The molecule has 0 amide bonds. The zero-order valence-corrected chi connectivity index (χ0v) is 9.23. The standard InChI is InChI=1S/C4H11B2NO4S2/c1-3-4(2)7-12(8,9)5-6-13(7,10)11/h4-6H,3H2,1-2H3. The van der Waals surface area contributed by atoms with Gasteiger partial charge in [-0.2, -0.15) is 0 Å². The Hall–Kier alpha value is -0.0101. The lowest BCUT2D eigenvalue weighted by molar-refractivity contribution is 0.448. The minimum Gasteiger partial charge on any atom is -0.226 e. The molecule has 0 aliphatic carbocycles. The van der Waals surface area contributed by atoms with E-state index in [1.54, 1.807) is 13.8 Å². The van der Waals surface area contributed by atoms with E-state index in [0.717, 1.165) is 0 Å². The first-order chi connectivity index (χ1) is 5.81. The van der Waals surface area contributed by atoms with Crippen LogP contribution in [0.5, 0.6) is 0 Å². The first-order valence-corrected chi connectivity index (χ1v) is 7.28. The van der Waals surface area contributed by atoms with Gasteiger partial charge in [-0.05, 0) is 13.3 Å². The fourth-order valence-corrected chi connectivity index (χ4v) is 6.53. The van der Waals surface area contributed by atoms with Gasteiger partial charge in [-0.15, -0.1) is 3.71 Å². The van der Waals surface area contributed by atoms with Gasteiger partial charge in [-0.25, -0.2) is 16.8 Å². The molecule has 0 N–H and O–H groups in total. The molecule has 0 saturated carbocycles. The van der Waals surface area contributed by atoms with E-state index in [4.69, 9.17) is 0 Å². The van der Waals surface area contributed by atoms with Crippen molar-refractivity contribution >= 4 is 32.6 Å². The van der Waals surface area contributed by atoms with E-state index in [0.29, 0.717) is 10.1 Å². The quantitative estimate of drug-likeness (QED) is 0.527. The average Bonchev–Trinajstić information content (AvgIpc) is 2.20. The molecule has 9 heteroatoms. The minimum atomic E-state index is -3.56. The molecule has 1 rings (SSSR count). The molecule has 1 atom stereocenters. The number of hydrogen-bond donors (Lipinski definition) is 0. The van der Waals surface area contributed by atoms with Crippen molar-refractivity contribution in [3.63, 3.8) is 0 Å². The van der Waals surface area contributed by atoms with Crippen molar-refractivity contribution in [1.29, 1.82) is 0 Å². The fourth-order valence-electron chi connectivity index (χ4n) is 1.26. The Morgan fingerprint density at radius 3 is 1.85 bits per heavy atom. The van der Waals surface area contributed by atoms with Crippen molar-refractivity contribution in [3.8, 4) is 0 Å². The maximum absolute atomic E-state index is 11.3. The number of rotatable bonds is 2. The summed E-state index contributed by atoms with van der Waals surface area (Å²) in [6.45, 7) is 3.36. The van der Waals surface area contributed by atoms with Crippen LogP contribution in [-0.2, 0) is 19.7 Å². The van der Waals surface area contributed by atoms with Gasteiger partial charge in [-0.1, -0.05) is 6.92 Å². The molecular formula is C4H11B2NO4S2. The lowest BCUT2D eigenvalue weighted by atomic mass is 9.77. The van der Waals surface area contributed by atoms with E-state index in [-0.39, 0.29) is 12.9 Å². The normalized spacial score (nSPS) is 27.5. The molecule has 0 spiro atoms. The summed E-state index contributed by atoms with van der Waals surface area (Å²) in [5.41, 5.74) is 0. The molecule has 1 saturated heterocycles. The molecule has 13 heavy (non-hydrogen) atoms. The third-order valence-electron chi connectivity index (χ3n) is 2.10. The molecule has 74 valence electrons. The van der Waals surface area contributed by atoms with Gasteiger partial charge < -0.3 is 0 Å². The lowest BCUT2D eigenvalue weighted by Gasteiger charge is -2.21. The van der Waals surface area contributed by atoms with Crippen LogP contribution in [0.25, 0.3) is 0 Å². The topological polar surface area (TPSA) is 71.5 Å². The summed E-state index contributed by atoms with van der Waals surface area (Å²) in [5.74, 6) is 0. The monoisotopic (exact) mass is 223 g/mol. The van der Waals surface area contributed by atoms with Gasteiger partial charge >= 0.3 is 0 Å². The fraction of sp³-hybridized carbons (Fsp3) is 1.00. The first kappa shape index (κ1) is 11.1. The van der Waals surface area contributed by atoms with Crippen molar-refractivity contribution in [1.82, 2.24) is 3.71 Å². The Bertz CT molecular complexity index is 354. The van der Waals surface area contributed by atoms with Crippen LogP contribution in [0, 0.1) is 0 Å². The Morgan fingerprint density at radius 1 is 1.15 bits per heavy atom. The Morgan fingerprint density at radius 2 is 1.54 bits per heavy atom. The van der Waals surface area contributed by atoms with Gasteiger partial charge in [0.15, 0.2) is 19.7 Å². The maximum atomic E-state index is 11.3. The molecule has 1 fully saturated rings. The highest BCUT2D eigenvalue weighted by molar-refractivity contribution is 8.41. The van der Waals surface area contributed by atoms with Crippen molar-refractivity contribution in [2.75, 3.05) is 0 Å². The molecule has 0 aromatic rings. The molecule has 0 bridgehead atoms. The highest BCUT2D eigenvalue weighted by Crippen LogP contribution is 2.20. The van der Waals surface area contributed by atoms with Crippen LogP contribution in [-0.4, -0.2) is 39.5 Å². The van der Waals surface area contributed by atoms with Crippen molar-refractivity contribution < 1.29 is 16.8 Å². The summed E-state index contributed by atoms with van der Waals surface area (Å²) in [6, 6.07) is -0.461. The number of nitrogens with zero attached hydrogens (tertiary/aromatic N) is 1. The molecule has 0 radical (unpaired) electrons. The summed E-state index contributed by atoms with van der Waals surface area (Å²) < 4.78 is 46.0. The predicted molar refractivity (Wildman–Crippen MR) is 53.7 cm³/mol. The minimum absolute atomic E-state index is 0.278. The van der Waals surface area contributed by atoms with E-state index in [1.165, 1.54) is 0 Å². The smallest absolute Gasteiger partial charge is 0.226 e. The third kappa shape index (κ3) is 1.92. The molecule has 1 heterocycles. The van der Waals surface area contributed by atoms with Crippen LogP contribution in [0.3, 0.4) is 0 Å². The largest absolute Gasteiger partial charge is 0.280 e. The second-order valence-electron chi connectivity index (χ2n) is 3.11. The van der Waals surface area contributed by atoms with Crippen LogP contribution in [0.2, 0.25) is 0 Å². The average molecular weight is 223 g/mol. The van der Waals surface area contributed by atoms with Crippen LogP contribution < -0.4 is 0 Å². The zero-order chi connectivity index (χ0) is 10.3. The summed E-state index contributed by atoms with van der Waals surface area (Å²) in [5, 5.41) is 0. The Balaban J connectivity index is 3.17. The van der Waals surface area contributed by atoms with Crippen molar-refractivity contribution in [2.24, 2.45) is 0 Å². The van der Waals surface area contributed by atoms with Gasteiger partial charge in [0.2, 0.25) is 0 Å². The highest BCUT2D eigenvalue weighted by Gasteiger charge is 2.45. The molecule has 1 aliphatic heterocycles. The SMILES string of the molecule is CCC(C)N1S(=O)(=O)BBS1(=O)=O. The van der Waals surface area contributed by atoms with Crippen molar-refractivity contribution in [3.05, 3.63) is 0 Å². The molecule has 5 nitrogen and oxygen atoms in total. The summed E-state index contributed by atoms with van der Waals surface area (Å²) >= 11 is 0. The second kappa shape index (κ2) is 3.29. The van der Waals surface area contributed by atoms with Crippen LogP contribution in [0.1, 0.15) is 20.3 Å². The third-order valence-corrected chi connectivity index (χ3v) is 6.98. The Labute approximate surface area is 79.9 Å². The number of hydrogen-bond acceptors (Lipinski definition) is 4. The summed E-state index contributed by atoms with van der Waals surface area (Å²) in [6.07, 6.45) is -0.0577.